The van der Waals surface area contributed by atoms with Gasteiger partial charge in [-0.2, -0.15) is 0 Å². The average Bonchev–Trinajstić information content (AvgIpc) is 2.32. The van der Waals surface area contributed by atoms with Crippen molar-refractivity contribution in [2.24, 2.45) is 0 Å². The summed E-state index contributed by atoms with van der Waals surface area (Å²) < 4.78 is 5.80. The Kier molecular flexibility index (Phi) is 4.75. The number of morpholine rings is 1. The number of ether oxygens (including phenoxy) is 1. The molecule has 1 heterocycles. The van der Waals surface area contributed by atoms with Crippen LogP contribution < -0.4 is 0 Å². The van der Waals surface area contributed by atoms with Crippen LogP contribution in [0, 0.1) is 6.92 Å². The van der Waals surface area contributed by atoms with Gasteiger partial charge in [-0.3, -0.25) is 4.90 Å². The van der Waals surface area contributed by atoms with Crippen LogP contribution in [-0.4, -0.2) is 56.2 Å². The zero-order valence-corrected chi connectivity index (χ0v) is 11.7. The van der Waals surface area contributed by atoms with E-state index < -0.39 is 0 Å². The fourth-order valence-corrected chi connectivity index (χ4v) is 2.47. The highest BCUT2D eigenvalue weighted by Crippen LogP contribution is 2.13. The van der Waals surface area contributed by atoms with Crippen molar-refractivity contribution in [2.75, 3.05) is 40.3 Å². The molecule has 0 aliphatic carbocycles. The quantitative estimate of drug-likeness (QED) is 0.807. The first-order chi connectivity index (χ1) is 8.65. The van der Waals surface area contributed by atoms with E-state index in [4.69, 9.17) is 4.74 Å². The van der Waals surface area contributed by atoms with Gasteiger partial charge >= 0.3 is 0 Å². The number of hydrogen-bond donors (Lipinski definition) is 0. The summed E-state index contributed by atoms with van der Waals surface area (Å²) in [5.74, 6) is 0. The summed E-state index contributed by atoms with van der Waals surface area (Å²) >= 11 is 0. The molecule has 0 bridgehead atoms. The van der Waals surface area contributed by atoms with Crippen LogP contribution in [0.2, 0.25) is 0 Å². The smallest absolute Gasteiger partial charge is 0.0829 e. The summed E-state index contributed by atoms with van der Waals surface area (Å²) in [5.41, 5.74) is 2.82. The minimum absolute atomic E-state index is 0.345. The number of nitrogens with zero attached hydrogens (tertiary/aromatic N) is 2. The van der Waals surface area contributed by atoms with Gasteiger partial charge in [0.25, 0.3) is 0 Å². The van der Waals surface area contributed by atoms with Crippen LogP contribution in [0.1, 0.15) is 11.1 Å². The number of aryl methyl sites for hydroxylation is 1. The highest BCUT2D eigenvalue weighted by Gasteiger charge is 2.21. The molecule has 0 amide bonds. The lowest BCUT2D eigenvalue weighted by atomic mass is 10.1. The zero-order valence-electron chi connectivity index (χ0n) is 11.7. The first-order valence-corrected chi connectivity index (χ1v) is 6.68. The lowest BCUT2D eigenvalue weighted by Gasteiger charge is -2.34. The molecule has 0 radical (unpaired) electrons. The molecule has 3 heteroatoms. The minimum atomic E-state index is 0.345. The van der Waals surface area contributed by atoms with Crippen molar-refractivity contribution in [1.29, 1.82) is 0 Å². The summed E-state index contributed by atoms with van der Waals surface area (Å²) in [4.78, 5) is 4.70. The first kappa shape index (κ1) is 13.5. The lowest BCUT2D eigenvalue weighted by Crippen LogP contribution is -2.46. The zero-order chi connectivity index (χ0) is 13.0. The van der Waals surface area contributed by atoms with Crippen LogP contribution in [0.5, 0.6) is 0 Å². The highest BCUT2D eigenvalue weighted by atomic mass is 16.5. The molecule has 0 spiro atoms. The van der Waals surface area contributed by atoms with E-state index in [1.807, 2.05) is 0 Å². The first-order valence-electron chi connectivity index (χ1n) is 6.68. The Balaban J connectivity index is 1.91. The van der Waals surface area contributed by atoms with Crippen LogP contribution in [-0.2, 0) is 11.3 Å². The van der Waals surface area contributed by atoms with E-state index in [1.165, 1.54) is 11.1 Å². The van der Waals surface area contributed by atoms with E-state index in [2.05, 4.69) is 55.1 Å². The Morgan fingerprint density at radius 2 is 2.11 bits per heavy atom. The van der Waals surface area contributed by atoms with E-state index in [0.717, 1.165) is 32.8 Å². The Morgan fingerprint density at radius 3 is 2.83 bits per heavy atom. The van der Waals surface area contributed by atoms with Crippen molar-refractivity contribution in [2.45, 2.75) is 19.6 Å². The molecule has 100 valence electrons. The van der Waals surface area contributed by atoms with E-state index >= 15 is 0 Å². The molecule has 2 rings (SSSR count). The van der Waals surface area contributed by atoms with Crippen molar-refractivity contribution >= 4 is 0 Å². The summed E-state index contributed by atoms with van der Waals surface area (Å²) in [6.07, 6.45) is 0.345. The highest BCUT2D eigenvalue weighted by molar-refractivity contribution is 5.25. The van der Waals surface area contributed by atoms with Gasteiger partial charge in [-0.1, -0.05) is 24.3 Å². The predicted molar refractivity (Wildman–Crippen MR) is 74.8 cm³/mol. The predicted octanol–water partition coefficient (Wildman–Crippen LogP) is 1.76. The molecule has 0 aromatic heterocycles. The number of rotatable bonds is 4. The maximum absolute atomic E-state index is 5.80. The van der Waals surface area contributed by atoms with Crippen molar-refractivity contribution in [3.63, 3.8) is 0 Å². The fraction of sp³-hybridized carbons (Fsp3) is 0.600. The van der Waals surface area contributed by atoms with Crippen LogP contribution in [0.4, 0.5) is 0 Å². The third kappa shape index (κ3) is 3.80. The molecule has 3 nitrogen and oxygen atoms in total. The monoisotopic (exact) mass is 248 g/mol. The van der Waals surface area contributed by atoms with Crippen molar-refractivity contribution in [1.82, 2.24) is 9.80 Å². The van der Waals surface area contributed by atoms with Crippen molar-refractivity contribution < 1.29 is 4.74 Å². The topological polar surface area (TPSA) is 15.7 Å². The van der Waals surface area contributed by atoms with E-state index in [1.54, 1.807) is 0 Å². The largest absolute Gasteiger partial charge is 0.374 e. The number of likely N-dealkylation sites (N-methyl/N-ethyl adjacent to an activating group) is 1. The fourth-order valence-electron chi connectivity index (χ4n) is 2.47. The molecule has 1 saturated heterocycles. The molecule has 0 unspecified atom stereocenters. The van der Waals surface area contributed by atoms with E-state index in [0.29, 0.717) is 6.10 Å². The number of hydrogen-bond acceptors (Lipinski definition) is 3. The summed E-state index contributed by atoms with van der Waals surface area (Å²) in [6, 6.07) is 8.64. The SMILES string of the molecule is Cc1ccccc1CN1CCO[C@@H](CN(C)C)C1. The van der Waals surface area contributed by atoms with Crippen molar-refractivity contribution in [3.05, 3.63) is 35.4 Å². The third-order valence-corrected chi connectivity index (χ3v) is 3.45. The van der Waals surface area contributed by atoms with Gasteiger partial charge in [0.2, 0.25) is 0 Å². The molecule has 0 N–H and O–H groups in total. The lowest BCUT2D eigenvalue weighted by molar-refractivity contribution is -0.0407. The third-order valence-electron chi connectivity index (χ3n) is 3.45. The molecular formula is C15H24N2O. The van der Waals surface area contributed by atoms with Gasteiger partial charge in [0.05, 0.1) is 12.7 Å². The van der Waals surface area contributed by atoms with Gasteiger partial charge in [0.1, 0.15) is 0 Å². The Labute approximate surface area is 110 Å². The molecule has 18 heavy (non-hydrogen) atoms. The van der Waals surface area contributed by atoms with Gasteiger partial charge in [-0.15, -0.1) is 0 Å². The molecule has 1 atom stereocenters. The molecule has 0 saturated carbocycles. The maximum atomic E-state index is 5.80. The molecule has 1 aliphatic rings. The van der Waals surface area contributed by atoms with Gasteiger partial charge in [-0.05, 0) is 32.1 Å². The maximum Gasteiger partial charge on any atom is 0.0829 e. The van der Waals surface area contributed by atoms with Gasteiger partial charge in [-0.25, -0.2) is 0 Å². The molecule has 1 aromatic carbocycles. The number of benzene rings is 1. The van der Waals surface area contributed by atoms with E-state index in [-0.39, 0.29) is 0 Å². The van der Waals surface area contributed by atoms with Crippen LogP contribution in [0.25, 0.3) is 0 Å². The van der Waals surface area contributed by atoms with Gasteiger partial charge in [0.15, 0.2) is 0 Å². The summed E-state index contributed by atoms with van der Waals surface area (Å²) in [7, 11) is 4.20. The van der Waals surface area contributed by atoms with Crippen LogP contribution in [0.15, 0.2) is 24.3 Å². The molecule has 1 aliphatic heterocycles. The molecule has 1 aromatic rings. The second-order valence-electron chi connectivity index (χ2n) is 5.42. The van der Waals surface area contributed by atoms with Crippen LogP contribution >= 0.6 is 0 Å². The standard InChI is InChI=1S/C15H24N2O/c1-13-6-4-5-7-14(13)10-17-8-9-18-15(12-17)11-16(2)3/h4-7,15H,8-12H2,1-3H3/t15-/m0/s1. The molecule has 1 fully saturated rings. The Hall–Kier alpha value is -0.900. The van der Waals surface area contributed by atoms with Crippen LogP contribution in [0.3, 0.4) is 0 Å². The van der Waals surface area contributed by atoms with Gasteiger partial charge < -0.3 is 9.64 Å². The molecular weight excluding hydrogens is 224 g/mol. The average molecular weight is 248 g/mol. The van der Waals surface area contributed by atoms with Crippen molar-refractivity contribution in [3.8, 4) is 0 Å². The minimum Gasteiger partial charge on any atom is -0.374 e. The van der Waals surface area contributed by atoms with E-state index in [9.17, 15) is 0 Å². The second-order valence-corrected chi connectivity index (χ2v) is 5.42. The summed E-state index contributed by atoms with van der Waals surface area (Å²) in [6.45, 7) is 7.16. The normalized spacial score (nSPS) is 21.4. The van der Waals surface area contributed by atoms with Gasteiger partial charge in [0, 0.05) is 26.2 Å². The Morgan fingerprint density at radius 1 is 1.33 bits per heavy atom. The Bertz CT molecular complexity index is 379. The second kappa shape index (κ2) is 6.32. The summed E-state index contributed by atoms with van der Waals surface area (Å²) in [5, 5.41) is 0.